The van der Waals surface area contributed by atoms with E-state index in [2.05, 4.69) is 47.7 Å². The van der Waals surface area contributed by atoms with Crippen LogP contribution >= 0.6 is 0 Å². The van der Waals surface area contributed by atoms with Gasteiger partial charge in [0, 0.05) is 31.5 Å². The summed E-state index contributed by atoms with van der Waals surface area (Å²) in [6.07, 6.45) is 6.30. The quantitative estimate of drug-likeness (QED) is 0.721. The number of hydrogen-bond acceptors (Lipinski definition) is 3. The lowest BCUT2D eigenvalue weighted by atomic mass is 10.3. The number of aromatic nitrogens is 2. The van der Waals surface area contributed by atoms with Gasteiger partial charge in [0.25, 0.3) is 0 Å². The van der Waals surface area contributed by atoms with Crippen molar-refractivity contribution in [3.05, 3.63) is 12.4 Å². The maximum absolute atomic E-state index is 4.35. The Morgan fingerprint density at radius 1 is 1.50 bits per heavy atom. The Bertz CT molecular complexity index is 293. The van der Waals surface area contributed by atoms with Crippen LogP contribution in [0.5, 0.6) is 0 Å². The number of rotatable bonds is 7. The predicted octanol–water partition coefficient (Wildman–Crippen LogP) is 2.22. The van der Waals surface area contributed by atoms with Gasteiger partial charge in [-0.1, -0.05) is 13.3 Å². The van der Waals surface area contributed by atoms with Gasteiger partial charge in [-0.25, -0.2) is 4.98 Å². The van der Waals surface area contributed by atoms with Crippen LogP contribution in [0.3, 0.4) is 0 Å². The van der Waals surface area contributed by atoms with Crippen LogP contribution in [0.15, 0.2) is 12.4 Å². The summed E-state index contributed by atoms with van der Waals surface area (Å²) in [6.45, 7) is 6.44. The van der Waals surface area contributed by atoms with Gasteiger partial charge in [0.2, 0.25) is 5.95 Å². The van der Waals surface area contributed by atoms with Gasteiger partial charge in [-0.05, 0) is 27.4 Å². The second-order valence-electron chi connectivity index (χ2n) is 4.55. The minimum absolute atomic E-state index is 0.446. The zero-order valence-corrected chi connectivity index (χ0v) is 10.9. The van der Waals surface area contributed by atoms with Crippen molar-refractivity contribution in [3.8, 4) is 0 Å². The molecule has 0 aromatic carbocycles. The first-order valence-corrected chi connectivity index (χ1v) is 6.06. The molecule has 1 unspecified atom stereocenters. The van der Waals surface area contributed by atoms with Crippen molar-refractivity contribution in [2.45, 2.75) is 32.7 Å². The summed E-state index contributed by atoms with van der Waals surface area (Å²) in [4.78, 5) is 6.54. The molecule has 1 atom stereocenters. The van der Waals surface area contributed by atoms with Crippen LogP contribution in [0.2, 0.25) is 0 Å². The van der Waals surface area contributed by atoms with Crippen molar-refractivity contribution in [3.63, 3.8) is 0 Å². The first kappa shape index (κ1) is 13.0. The summed E-state index contributed by atoms with van der Waals surface area (Å²) < 4.78 is 2.20. The van der Waals surface area contributed by atoms with Gasteiger partial charge in [-0.3, -0.25) is 0 Å². The van der Waals surface area contributed by atoms with Gasteiger partial charge in [0.05, 0.1) is 0 Å². The van der Waals surface area contributed by atoms with E-state index in [-0.39, 0.29) is 0 Å². The Labute approximate surface area is 98.7 Å². The van der Waals surface area contributed by atoms with E-state index in [0.29, 0.717) is 6.04 Å². The largest absolute Gasteiger partial charge is 0.356 e. The third-order valence-corrected chi connectivity index (χ3v) is 2.59. The SMILES string of the molecule is CCCCNc1nccn1C(C)CN(C)C. The average molecular weight is 224 g/mol. The lowest BCUT2D eigenvalue weighted by Crippen LogP contribution is -2.23. The van der Waals surface area contributed by atoms with Crippen LogP contribution in [0.1, 0.15) is 32.7 Å². The van der Waals surface area contributed by atoms with Crippen LogP contribution in [0.4, 0.5) is 5.95 Å². The Morgan fingerprint density at radius 3 is 2.88 bits per heavy atom. The topological polar surface area (TPSA) is 33.1 Å². The molecular weight excluding hydrogens is 200 g/mol. The number of nitrogens with zero attached hydrogens (tertiary/aromatic N) is 3. The molecule has 1 aromatic rings. The molecular formula is C12H24N4. The normalized spacial score (nSPS) is 13.1. The van der Waals surface area contributed by atoms with E-state index in [1.54, 1.807) is 0 Å². The highest BCUT2D eigenvalue weighted by Gasteiger charge is 2.09. The summed E-state index contributed by atoms with van der Waals surface area (Å²) in [5.41, 5.74) is 0. The van der Waals surface area contributed by atoms with Gasteiger partial charge < -0.3 is 14.8 Å². The fourth-order valence-corrected chi connectivity index (χ4v) is 1.80. The minimum Gasteiger partial charge on any atom is -0.356 e. The monoisotopic (exact) mass is 224 g/mol. The van der Waals surface area contributed by atoms with Crippen LogP contribution < -0.4 is 5.32 Å². The van der Waals surface area contributed by atoms with E-state index < -0.39 is 0 Å². The molecule has 16 heavy (non-hydrogen) atoms. The third-order valence-electron chi connectivity index (χ3n) is 2.59. The summed E-state index contributed by atoms with van der Waals surface area (Å²) >= 11 is 0. The molecule has 4 nitrogen and oxygen atoms in total. The van der Waals surface area contributed by atoms with E-state index in [1.807, 2.05) is 12.4 Å². The molecule has 0 aliphatic carbocycles. The van der Waals surface area contributed by atoms with Gasteiger partial charge in [0.1, 0.15) is 0 Å². The molecule has 0 bridgehead atoms. The van der Waals surface area contributed by atoms with Crippen LogP contribution in [0.25, 0.3) is 0 Å². The molecule has 0 spiro atoms. The van der Waals surface area contributed by atoms with E-state index in [9.17, 15) is 0 Å². The molecule has 0 saturated carbocycles. The van der Waals surface area contributed by atoms with E-state index in [0.717, 1.165) is 19.0 Å². The highest BCUT2D eigenvalue weighted by atomic mass is 15.2. The highest BCUT2D eigenvalue weighted by Crippen LogP contribution is 2.13. The molecule has 1 heterocycles. The minimum atomic E-state index is 0.446. The van der Waals surface area contributed by atoms with Crippen molar-refractivity contribution in [1.29, 1.82) is 0 Å². The number of nitrogens with one attached hydrogen (secondary N) is 1. The molecule has 0 amide bonds. The molecule has 92 valence electrons. The first-order chi connectivity index (χ1) is 7.65. The van der Waals surface area contributed by atoms with E-state index in [1.165, 1.54) is 12.8 Å². The molecule has 0 fully saturated rings. The Balaban J connectivity index is 2.55. The van der Waals surface area contributed by atoms with Gasteiger partial charge in [-0.2, -0.15) is 0 Å². The van der Waals surface area contributed by atoms with Gasteiger partial charge in [-0.15, -0.1) is 0 Å². The van der Waals surface area contributed by atoms with Crippen LogP contribution in [0, 0.1) is 0 Å². The summed E-state index contributed by atoms with van der Waals surface area (Å²) in [5.74, 6) is 0.989. The zero-order valence-electron chi connectivity index (χ0n) is 10.9. The number of hydrogen-bond donors (Lipinski definition) is 1. The first-order valence-electron chi connectivity index (χ1n) is 6.06. The lowest BCUT2D eigenvalue weighted by Gasteiger charge is -2.20. The summed E-state index contributed by atoms with van der Waals surface area (Å²) in [7, 11) is 4.19. The number of imidazole rings is 1. The number of likely N-dealkylation sites (N-methyl/N-ethyl adjacent to an activating group) is 1. The number of anilines is 1. The third kappa shape index (κ3) is 3.85. The highest BCUT2D eigenvalue weighted by molar-refractivity contribution is 5.26. The second-order valence-corrected chi connectivity index (χ2v) is 4.55. The Hall–Kier alpha value is -1.03. The van der Waals surface area contributed by atoms with Crippen LogP contribution in [-0.4, -0.2) is 41.6 Å². The van der Waals surface area contributed by atoms with Crippen molar-refractivity contribution in [1.82, 2.24) is 14.5 Å². The van der Waals surface area contributed by atoms with Crippen LogP contribution in [-0.2, 0) is 0 Å². The molecule has 0 saturated heterocycles. The molecule has 0 aliphatic rings. The second kappa shape index (κ2) is 6.53. The maximum atomic E-state index is 4.35. The Morgan fingerprint density at radius 2 is 2.25 bits per heavy atom. The lowest BCUT2D eigenvalue weighted by molar-refractivity contribution is 0.338. The molecule has 1 aromatic heterocycles. The maximum Gasteiger partial charge on any atom is 0.203 e. The van der Waals surface area contributed by atoms with Crippen molar-refractivity contribution >= 4 is 5.95 Å². The Kier molecular flexibility index (Phi) is 5.32. The van der Waals surface area contributed by atoms with E-state index >= 15 is 0 Å². The summed E-state index contributed by atoms with van der Waals surface area (Å²) in [5, 5.41) is 3.38. The standard InChI is InChI=1S/C12H24N4/c1-5-6-7-13-12-14-8-9-16(12)11(2)10-15(3)4/h8-9,11H,5-7,10H2,1-4H3,(H,13,14). The number of unbranched alkanes of at least 4 members (excludes halogenated alkanes) is 1. The van der Waals surface area contributed by atoms with Gasteiger partial charge >= 0.3 is 0 Å². The predicted molar refractivity (Wildman–Crippen MR) is 68.9 cm³/mol. The van der Waals surface area contributed by atoms with Crippen molar-refractivity contribution in [2.75, 3.05) is 32.5 Å². The van der Waals surface area contributed by atoms with Crippen molar-refractivity contribution < 1.29 is 0 Å². The molecule has 1 N–H and O–H groups in total. The molecule has 1 rings (SSSR count). The summed E-state index contributed by atoms with van der Waals surface area (Å²) in [6, 6.07) is 0.446. The fourth-order valence-electron chi connectivity index (χ4n) is 1.80. The smallest absolute Gasteiger partial charge is 0.203 e. The zero-order chi connectivity index (χ0) is 12.0. The average Bonchev–Trinajstić information content (AvgIpc) is 2.65. The molecule has 4 heteroatoms. The molecule has 0 aliphatic heterocycles. The van der Waals surface area contributed by atoms with E-state index in [4.69, 9.17) is 0 Å². The molecule has 0 radical (unpaired) electrons. The fraction of sp³-hybridized carbons (Fsp3) is 0.750. The van der Waals surface area contributed by atoms with Gasteiger partial charge in [0.15, 0.2) is 0 Å². The van der Waals surface area contributed by atoms with Crippen molar-refractivity contribution in [2.24, 2.45) is 0 Å².